The number of carboxylic acids is 1. The van der Waals surface area contributed by atoms with Gasteiger partial charge in [0.05, 0.1) is 0 Å². The average molecular weight is 297 g/mol. The lowest BCUT2D eigenvalue weighted by atomic mass is 9.98. The second-order valence-electron chi connectivity index (χ2n) is 6.22. The summed E-state index contributed by atoms with van der Waals surface area (Å²) in [5.74, 6) is -0.785. The molecule has 120 valence electrons. The molecule has 0 spiro atoms. The first-order valence-electron chi connectivity index (χ1n) is 8.04. The molecule has 2 amide bonds. The lowest BCUT2D eigenvalue weighted by Crippen LogP contribution is -2.50. The summed E-state index contributed by atoms with van der Waals surface area (Å²) in [6.07, 6.45) is 6.26. The van der Waals surface area contributed by atoms with Crippen LogP contribution < -0.4 is 5.32 Å². The quantitative estimate of drug-likeness (QED) is 0.747. The minimum absolute atomic E-state index is 0.0331. The number of carbonyl (C=O) groups excluding carboxylic acids is 1. The average Bonchev–Trinajstić information content (AvgIpc) is 3.29. The molecule has 2 fully saturated rings. The van der Waals surface area contributed by atoms with Gasteiger partial charge in [-0.25, -0.2) is 4.79 Å². The summed E-state index contributed by atoms with van der Waals surface area (Å²) in [6, 6.07) is 0.755. The summed E-state index contributed by atoms with van der Waals surface area (Å²) >= 11 is 0. The van der Waals surface area contributed by atoms with Crippen molar-refractivity contribution in [2.24, 2.45) is 0 Å². The van der Waals surface area contributed by atoms with Gasteiger partial charge >= 0.3 is 12.0 Å². The van der Waals surface area contributed by atoms with Gasteiger partial charge in [0.15, 0.2) is 0 Å². The summed E-state index contributed by atoms with van der Waals surface area (Å²) in [5.41, 5.74) is 0. The van der Waals surface area contributed by atoms with Crippen molar-refractivity contribution in [2.45, 2.75) is 57.0 Å². The summed E-state index contributed by atoms with van der Waals surface area (Å²) in [5, 5.41) is 11.8. The molecule has 1 atom stereocenters. The lowest BCUT2D eigenvalue weighted by molar-refractivity contribution is -0.137. The highest BCUT2D eigenvalue weighted by Crippen LogP contribution is 2.24. The molecule has 1 heterocycles. The molecule has 2 N–H and O–H groups in total. The lowest BCUT2D eigenvalue weighted by Gasteiger charge is -2.35. The zero-order chi connectivity index (χ0) is 15.2. The first kappa shape index (κ1) is 16.1. The number of piperidine rings is 1. The van der Waals surface area contributed by atoms with E-state index in [1.165, 1.54) is 12.8 Å². The number of rotatable bonds is 7. The van der Waals surface area contributed by atoms with E-state index in [0.29, 0.717) is 19.0 Å². The second kappa shape index (κ2) is 7.64. The molecule has 21 heavy (non-hydrogen) atoms. The molecular formula is C15H27N3O3. The van der Waals surface area contributed by atoms with Crippen LogP contribution in [0.2, 0.25) is 0 Å². The van der Waals surface area contributed by atoms with Gasteiger partial charge in [-0.3, -0.25) is 4.79 Å². The van der Waals surface area contributed by atoms with Crippen molar-refractivity contribution in [1.82, 2.24) is 15.1 Å². The number of likely N-dealkylation sites (tertiary alicyclic amines) is 1. The van der Waals surface area contributed by atoms with E-state index in [9.17, 15) is 9.59 Å². The van der Waals surface area contributed by atoms with Crippen LogP contribution in [-0.4, -0.2) is 65.7 Å². The van der Waals surface area contributed by atoms with Crippen LogP contribution in [0.3, 0.4) is 0 Å². The van der Waals surface area contributed by atoms with Gasteiger partial charge in [0.1, 0.15) is 0 Å². The Morgan fingerprint density at radius 3 is 2.71 bits per heavy atom. The summed E-state index contributed by atoms with van der Waals surface area (Å²) in [7, 11) is 2.10. The van der Waals surface area contributed by atoms with Crippen molar-refractivity contribution in [3.05, 3.63) is 0 Å². The van der Waals surface area contributed by atoms with Gasteiger partial charge in [0.25, 0.3) is 0 Å². The Labute approximate surface area is 126 Å². The molecule has 2 rings (SSSR count). The number of hydrogen-bond donors (Lipinski definition) is 2. The van der Waals surface area contributed by atoms with E-state index in [4.69, 9.17) is 5.11 Å². The minimum Gasteiger partial charge on any atom is -0.481 e. The van der Waals surface area contributed by atoms with Gasteiger partial charge in [-0.15, -0.1) is 0 Å². The van der Waals surface area contributed by atoms with E-state index in [1.807, 2.05) is 4.90 Å². The van der Waals surface area contributed by atoms with E-state index in [1.54, 1.807) is 0 Å². The Morgan fingerprint density at radius 1 is 1.29 bits per heavy atom. The number of carbonyl (C=O) groups is 2. The number of urea groups is 1. The Kier molecular flexibility index (Phi) is 5.85. The molecule has 0 aromatic carbocycles. The van der Waals surface area contributed by atoms with Gasteiger partial charge in [-0.2, -0.15) is 0 Å². The number of nitrogens with one attached hydrogen (secondary N) is 1. The molecule has 0 radical (unpaired) electrons. The summed E-state index contributed by atoms with van der Waals surface area (Å²) < 4.78 is 0. The first-order valence-corrected chi connectivity index (χ1v) is 8.04. The van der Waals surface area contributed by atoms with Crippen LogP contribution in [0.1, 0.15) is 44.9 Å². The molecule has 1 saturated carbocycles. The minimum atomic E-state index is -0.785. The molecule has 0 aromatic heterocycles. The second-order valence-corrected chi connectivity index (χ2v) is 6.22. The summed E-state index contributed by atoms with van der Waals surface area (Å²) in [4.78, 5) is 27.1. The Bertz CT molecular complexity index is 371. The maximum atomic E-state index is 12.3. The molecule has 1 saturated heterocycles. The topological polar surface area (TPSA) is 72.9 Å². The van der Waals surface area contributed by atoms with Gasteiger partial charge in [-0.05, 0) is 45.6 Å². The predicted octanol–water partition coefficient (Wildman–Crippen LogP) is 1.51. The van der Waals surface area contributed by atoms with Crippen LogP contribution in [0.15, 0.2) is 0 Å². The van der Waals surface area contributed by atoms with E-state index < -0.39 is 5.97 Å². The van der Waals surface area contributed by atoms with Crippen LogP contribution in [-0.2, 0) is 4.79 Å². The van der Waals surface area contributed by atoms with Gasteiger partial charge in [0, 0.05) is 38.1 Å². The standard InChI is InChI=1S/C15H27N3O3/c1-17(12-5-6-12)11-9-16-15(21)18-10-3-2-4-13(18)7-8-14(19)20/h12-13H,2-11H2,1H3,(H,16,21)(H,19,20). The van der Waals surface area contributed by atoms with Gasteiger partial charge in [0.2, 0.25) is 0 Å². The van der Waals surface area contributed by atoms with E-state index in [2.05, 4.69) is 17.3 Å². The van der Waals surface area contributed by atoms with Crippen LogP contribution in [0.25, 0.3) is 0 Å². The Balaban J connectivity index is 1.73. The van der Waals surface area contributed by atoms with Crippen molar-refractivity contribution in [2.75, 3.05) is 26.7 Å². The normalized spacial score (nSPS) is 22.4. The SMILES string of the molecule is CN(CCNC(=O)N1CCCCC1CCC(=O)O)C1CC1. The number of aliphatic carboxylic acids is 1. The third-order valence-electron chi connectivity index (χ3n) is 4.49. The van der Waals surface area contributed by atoms with Crippen LogP contribution >= 0.6 is 0 Å². The highest BCUT2D eigenvalue weighted by molar-refractivity contribution is 5.74. The zero-order valence-electron chi connectivity index (χ0n) is 12.9. The third kappa shape index (κ3) is 5.19. The largest absolute Gasteiger partial charge is 0.481 e. The van der Waals surface area contributed by atoms with Crippen molar-refractivity contribution >= 4 is 12.0 Å². The van der Waals surface area contributed by atoms with Gasteiger partial charge in [-0.1, -0.05) is 0 Å². The molecule has 1 aliphatic carbocycles. The molecule has 2 aliphatic rings. The third-order valence-corrected chi connectivity index (χ3v) is 4.49. The molecule has 1 aliphatic heterocycles. The fraction of sp³-hybridized carbons (Fsp3) is 0.867. The molecule has 6 nitrogen and oxygen atoms in total. The first-order chi connectivity index (χ1) is 10.1. The van der Waals surface area contributed by atoms with Crippen molar-refractivity contribution in [3.63, 3.8) is 0 Å². The fourth-order valence-electron chi connectivity index (χ4n) is 3.00. The van der Waals surface area contributed by atoms with E-state index >= 15 is 0 Å². The maximum absolute atomic E-state index is 12.3. The number of likely N-dealkylation sites (N-methyl/N-ethyl adjacent to an activating group) is 1. The number of hydrogen-bond acceptors (Lipinski definition) is 3. The highest BCUT2D eigenvalue weighted by atomic mass is 16.4. The number of nitrogens with zero attached hydrogens (tertiary/aromatic N) is 2. The highest BCUT2D eigenvalue weighted by Gasteiger charge is 2.28. The Hall–Kier alpha value is -1.30. The van der Waals surface area contributed by atoms with Crippen molar-refractivity contribution in [3.8, 4) is 0 Å². The fourth-order valence-corrected chi connectivity index (χ4v) is 3.00. The van der Waals surface area contributed by atoms with Crippen LogP contribution in [0.4, 0.5) is 4.79 Å². The van der Waals surface area contributed by atoms with Crippen LogP contribution in [0.5, 0.6) is 0 Å². The number of amides is 2. The molecule has 0 aromatic rings. The zero-order valence-corrected chi connectivity index (χ0v) is 12.9. The van der Waals surface area contributed by atoms with Gasteiger partial charge < -0.3 is 20.2 Å². The van der Waals surface area contributed by atoms with Crippen molar-refractivity contribution < 1.29 is 14.7 Å². The monoisotopic (exact) mass is 297 g/mol. The van der Waals surface area contributed by atoms with Crippen LogP contribution in [0, 0.1) is 0 Å². The molecule has 6 heteroatoms. The summed E-state index contributed by atoms with van der Waals surface area (Å²) in [6.45, 7) is 2.28. The maximum Gasteiger partial charge on any atom is 0.317 e. The predicted molar refractivity (Wildman–Crippen MR) is 80.3 cm³/mol. The van der Waals surface area contributed by atoms with E-state index in [0.717, 1.165) is 32.4 Å². The Morgan fingerprint density at radius 2 is 2.05 bits per heavy atom. The smallest absolute Gasteiger partial charge is 0.317 e. The van der Waals surface area contributed by atoms with Crippen molar-refractivity contribution in [1.29, 1.82) is 0 Å². The molecular weight excluding hydrogens is 270 g/mol. The molecule has 1 unspecified atom stereocenters. The van der Waals surface area contributed by atoms with E-state index in [-0.39, 0.29) is 18.5 Å². The number of carboxylic acid groups (broad SMARTS) is 1. The molecule has 0 bridgehead atoms.